The van der Waals surface area contributed by atoms with Crippen molar-refractivity contribution in [2.75, 3.05) is 32.2 Å². The molecule has 0 unspecified atom stereocenters. The summed E-state index contributed by atoms with van der Waals surface area (Å²) < 4.78 is 15.7. The summed E-state index contributed by atoms with van der Waals surface area (Å²) in [6, 6.07) is 1.51. The van der Waals surface area contributed by atoms with Crippen LogP contribution in [0.2, 0.25) is 0 Å². The number of hydrogen-bond donors (Lipinski definition) is 1. The van der Waals surface area contributed by atoms with Gasteiger partial charge in [0.2, 0.25) is 5.88 Å². The molecule has 0 bridgehead atoms. The van der Waals surface area contributed by atoms with Crippen molar-refractivity contribution < 1.29 is 19.0 Å². The Bertz CT molecular complexity index is 424. The smallest absolute Gasteiger partial charge is 0.340 e. The number of nitrogen functional groups attached to an aromatic ring is 1. The number of unbranched alkanes of at least 4 members (excludes halogenated alkanes) is 1. The number of ether oxygens (including phenoxy) is 3. The van der Waals surface area contributed by atoms with E-state index in [2.05, 4.69) is 11.9 Å². The second kappa shape index (κ2) is 9.14. The fraction of sp³-hybridized carbons (Fsp3) is 0.571. The maximum atomic E-state index is 11.7. The number of carbonyl (C=O) groups excluding carboxylic acids is 1. The number of aromatic nitrogens is 1. The lowest BCUT2D eigenvalue weighted by atomic mass is 10.2. The Morgan fingerprint density at radius 2 is 2.10 bits per heavy atom. The van der Waals surface area contributed by atoms with Crippen LogP contribution in [-0.2, 0) is 9.47 Å². The number of nitrogens with two attached hydrogens (primary N) is 1. The van der Waals surface area contributed by atoms with E-state index in [1.807, 2.05) is 0 Å². The molecule has 1 heterocycles. The zero-order chi connectivity index (χ0) is 14.8. The molecule has 0 aliphatic rings. The van der Waals surface area contributed by atoms with Crippen LogP contribution in [0.25, 0.3) is 0 Å². The summed E-state index contributed by atoms with van der Waals surface area (Å²) >= 11 is 0. The number of esters is 1. The molecule has 0 radical (unpaired) electrons. The van der Waals surface area contributed by atoms with Gasteiger partial charge in [-0.2, -0.15) is 0 Å². The average Bonchev–Trinajstić information content (AvgIpc) is 2.44. The molecule has 0 fully saturated rings. The maximum absolute atomic E-state index is 11.7. The lowest BCUT2D eigenvalue weighted by Gasteiger charge is -2.10. The minimum atomic E-state index is -0.476. The highest BCUT2D eigenvalue weighted by atomic mass is 16.5. The number of anilines is 1. The third kappa shape index (κ3) is 5.05. The Hall–Kier alpha value is -1.82. The molecule has 0 aliphatic carbocycles. The normalized spacial score (nSPS) is 10.3. The molecule has 6 heteroatoms. The van der Waals surface area contributed by atoms with Gasteiger partial charge < -0.3 is 19.9 Å². The minimum absolute atomic E-state index is 0.194. The van der Waals surface area contributed by atoms with Gasteiger partial charge >= 0.3 is 5.97 Å². The van der Waals surface area contributed by atoms with E-state index < -0.39 is 5.97 Å². The van der Waals surface area contributed by atoms with Crippen molar-refractivity contribution in [3.63, 3.8) is 0 Å². The van der Waals surface area contributed by atoms with Gasteiger partial charge in [-0.05, 0) is 19.4 Å². The Balaban J connectivity index is 2.50. The second-order valence-electron chi connectivity index (χ2n) is 4.11. The Morgan fingerprint density at radius 3 is 2.80 bits per heavy atom. The van der Waals surface area contributed by atoms with Gasteiger partial charge in [0.05, 0.1) is 18.8 Å². The van der Waals surface area contributed by atoms with E-state index in [-0.39, 0.29) is 17.1 Å². The van der Waals surface area contributed by atoms with Crippen molar-refractivity contribution in [2.24, 2.45) is 0 Å². The highest BCUT2D eigenvalue weighted by molar-refractivity contribution is 5.96. The van der Waals surface area contributed by atoms with Gasteiger partial charge in [0.25, 0.3) is 0 Å². The summed E-state index contributed by atoms with van der Waals surface area (Å²) in [5.41, 5.74) is 6.31. The van der Waals surface area contributed by atoms with Gasteiger partial charge in [0.15, 0.2) is 0 Å². The number of hydrogen-bond acceptors (Lipinski definition) is 6. The van der Waals surface area contributed by atoms with Crippen molar-refractivity contribution in [1.29, 1.82) is 0 Å². The second-order valence-corrected chi connectivity index (χ2v) is 4.11. The van der Waals surface area contributed by atoms with Crippen molar-refractivity contribution in [3.05, 3.63) is 17.8 Å². The van der Waals surface area contributed by atoms with Crippen LogP contribution in [0.5, 0.6) is 5.88 Å². The van der Waals surface area contributed by atoms with E-state index in [0.717, 1.165) is 12.8 Å². The van der Waals surface area contributed by atoms with Crippen LogP contribution in [0, 0.1) is 0 Å². The largest absolute Gasteiger partial charge is 0.474 e. The van der Waals surface area contributed by atoms with Crippen molar-refractivity contribution in [3.8, 4) is 5.88 Å². The molecule has 2 N–H and O–H groups in total. The van der Waals surface area contributed by atoms with Crippen LogP contribution in [0.4, 0.5) is 5.69 Å². The van der Waals surface area contributed by atoms with E-state index >= 15 is 0 Å². The summed E-state index contributed by atoms with van der Waals surface area (Å²) in [6.07, 6.45) is 3.59. The predicted octanol–water partition coefficient (Wildman–Crippen LogP) is 2.04. The number of pyridine rings is 1. The summed E-state index contributed by atoms with van der Waals surface area (Å²) in [5, 5.41) is 0. The fourth-order valence-electron chi connectivity index (χ4n) is 1.50. The van der Waals surface area contributed by atoms with Crippen LogP contribution in [0.1, 0.15) is 37.0 Å². The van der Waals surface area contributed by atoms with E-state index in [1.54, 1.807) is 6.92 Å². The Kier molecular flexibility index (Phi) is 7.42. The number of nitrogens with zero attached hydrogens (tertiary/aromatic N) is 1. The summed E-state index contributed by atoms with van der Waals surface area (Å²) in [7, 11) is 0. The SMILES string of the molecule is CCCCOCCOc1nccc(C(=O)OCC)c1N. The molecular weight excluding hydrogens is 260 g/mol. The van der Waals surface area contributed by atoms with Gasteiger partial charge in [-0.3, -0.25) is 0 Å². The summed E-state index contributed by atoms with van der Waals surface area (Å²) in [5.74, 6) is -0.244. The first kappa shape index (κ1) is 16.2. The third-order valence-electron chi connectivity index (χ3n) is 2.56. The van der Waals surface area contributed by atoms with Gasteiger partial charge in [-0.25, -0.2) is 9.78 Å². The number of rotatable bonds is 9. The molecule has 6 nitrogen and oxygen atoms in total. The van der Waals surface area contributed by atoms with E-state index in [1.165, 1.54) is 12.3 Å². The molecule has 0 saturated heterocycles. The molecule has 0 aliphatic heterocycles. The molecule has 0 spiro atoms. The van der Waals surface area contributed by atoms with E-state index in [9.17, 15) is 4.79 Å². The molecule has 0 saturated carbocycles. The summed E-state index contributed by atoms with van der Waals surface area (Å²) in [4.78, 5) is 15.7. The topological polar surface area (TPSA) is 83.7 Å². The fourth-order valence-corrected chi connectivity index (χ4v) is 1.50. The monoisotopic (exact) mass is 282 g/mol. The summed E-state index contributed by atoms with van der Waals surface area (Å²) in [6.45, 7) is 5.65. The number of carbonyl (C=O) groups is 1. The zero-order valence-electron chi connectivity index (χ0n) is 12.1. The van der Waals surface area contributed by atoms with E-state index in [4.69, 9.17) is 19.9 Å². The molecular formula is C14H22N2O4. The van der Waals surface area contributed by atoms with Crippen LogP contribution in [0.3, 0.4) is 0 Å². The van der Waals surface area contributed by atoms with Crippen molar-refractivity contribution in [2.45, 2.75) is 26.7 Å². The van der Waals surface area contributed by atoms with Crippen molar-refractivity contribution >= 4 is 11.7 Å². The zero-order valence-corrected chi connectivity index (χ0v) is 12.1. The predicted molar refractivity (Wildman–Crippen MR) is 75.8 cm³/mol. The lowest BCUT2D eigenvalue weighted by Crippen LogP contribution is -2.13. The standard InChI is InChI=1S/C14H22N2O4/c1-3-5-8-18-9-10-20-13-12(15)11(6-7-16-13)14(17)19-4-2/h6-7H,3-5,8-10,15H2,1-2H3. The van der Waals surface area contributed by atoms with E-state index in [0.29, 0.717) is 26.4 Å². The highest BCUT2D eigenvalue weighted by Gasteiger charge is 2.15. The van der Waals surface area contributed by atoms with Gasteiger partial charge in [0.1, 0.15) is 12.3 Å². The van der Waals surface area contributed by atoms with Crippen LogP contribution in [-0.4, -0.2) is 37.4 Å². The van der Waals surface area contributed by atoms with Crippen molar-refractivity contribution in [1.82, 2.24) is 4.98 Å². The quantitative estimate of drug-likeness (QED) is 0.551. The average molecular weight is 282 g/mol. The first-order chi connectivity index (χ1) is 9.70. The van der Waals surface area contributed by atoms with Gasteiger partial charge in [-0.15, -0.1) is 0 Å². The van der Waals surface area contributed by atoms with Crippen LogP contribution >= 0.6 is 0 Å². The Labute approximate surface area is 119 Å². The minimum Gasteiger partial charge on any atom is -0.474 e. The molecule has 20 heavy (non-hydrogen) atoms. The molecule has 1 aromatic rings. The van der Waals surface area contributed by atoms with Crippen LogP contribution < -0.4 is 10.5 Å². The molecule has 0 aromatic carbocycles. The van der Waals surface area contributed by atoms with Gasteiger partial charge in [-0.1, -0.05) is 13.3 Å². The first-order valence-corrected chi connectivity index (χ1v) is 6.82. The molecule has 112 valence electrons. The third-order valence-corrected chi connectivity index (χ3v) is 2.56. The van der Waals surface area contributed by atoms with Crippen LogP contribution in [0.15, 0.2) is 12.3 Å². The first-order valence-electron chi connectivity index (χ1n) is 6.82. The molecule has 1 aromatic heterocycles. The Morgan fingerprint density at radius 1 is 1.30 bits per heavy atom. The molecule has 0 amide bonds. The molecule has 0 atom stereocenters. The lowest BCUT2D eigenvalue weighted by molar-refractivity contribution is 0.0526. The maximum Gasteiger partial charge on any atom is 0.340 e. The van der Waals surface area contributed by atoms with Gasteiger partial charge in [0, 0.05) is 12.8 Å². The highest BCUT2D eigenvalue weighted by Crippen LogP contribution is 2.22. The molecule has 1 rings (SSSR count).